The largest absolute Gasteiger partial charge is 0.308 e. The number of hydrogen-bond acceptors (Lipinski definition) is 2. The van der Waals surface area contributed by atoms with Crippen LogP contribution in [0.4, 0.5) is 17.1 Å². The van der Waals surface area contributed by atoms with Crippen LogP contribution in [0.3, 0.4) is 0 Å². The molecule has 1 nitrogen and oxygen atoms in total. The molecule has 0 unspecified atom stereocenters. The molecular weight excluding hydrogens is 791 g/mol. The number of anilines is 3. The summed E-state index contributed by atoms with van der Waals surface area (Å²) in [5, 5.41) is 7.54. The topological polar surface area (TPSA) is 3.24 Å². The van der Waals surface area contributed by atoms with Crippen molar-refractivity contribution in [1.29, 1.82) is 0 Å². The fourth-order valence-corrected chi connectivity index (χ4v) is 11.0. The van der Waals surface area contributed by atoms with Gasteiger partial charge in [-0.25, -0.2) is 0 Å². The summed E-state index contributed by atoms with van der Waals surface area (Å²) < 4.78 is 2.54. The van der Waals surface area contributed by atoms with Gasteiger partial charge >= 0.3 is 0 Å². The summed E-state index contributed by atoms with van der Waals surface area (Å²) in [7, 11) is 0. The zero-order chi connectivity index (χ0) is 42.4. The van der Waals surface area contributed by atoms with E-state index in [0.29, 0.717) is 0 Å². The van der Waals surface area contributed by atoms with Gasteiger partial charge in [0.2, 0.25) is 0 Å². The molecule has 0 bridgehead atoms. The third-order valence-electron chi connectivity index (χ3n) is 12.6. The second-order valence-electron chi connectivity index (χ2n) is 16.4. The molecule has 12 aromatic rings. The average molecular weight is 832 g/mol. The molecule has 1 aromatic heterocycles. The maximum atomic E-state index is 2.53. The normalized spacial score (nSPS) is 11.4. The monoisotopic (exact) mass is 831 g/mol. The van der Waals surface area contributed by atoms with E-state index in [1.807, 2.05) is 11.3 Å². The Bertz CT molecular complexity index is 3590. The van der Waals surface area contributed by atoms with Gasteiger partial charge in [0.15, 0.2) is 0 Å². The van der Waals surface area contributed by atoms with Gasteiger partial charge in [0.1, 0.15) is 0 Å². The minimum atomic E-state index is 1.09. The number of rotatable bonds is 8. The molecule has 300 valence electrons. The Kier molecular flexibility index (Phi) is 9.43. The summed E-state index contributed by atoms with van der Waals surface area (Å²) in [6, 6.07) is 91.0. The molecule has 0 aliphatic rings. The van der Waals surface area contributed by atoms with Crippen LogP contribution in [0.2, 0.25) is 0 Å². The fourth-order valence-electron chi connectivity index (χ4n) is 9.79. The van der Waals surface area contributed by atoms with Gasteiger partial charge in [-0.1, -0.05) is 218 Å². The lowest BCUT2D eigenvalue weighted by atomic mass is 9.84. The predicted octanol–water partition coefficient (Wildman–Crippen LogP) is 18.2. The van der Waals surface area contributed by atoms with Gasteiger partial charge in [-0.2, -0.15) is 0 Å². The minimum absolute atomic E-state index is 1.09. The van der Waals surface area contributed by atoms with E-state index in [0.717, 1.165) is 22.6 Å². The van der Waals surface area contributed by atoms with E-state index in [9.17, 15) is 0 Å². The molecule has 0 saturated heterocycles. The summed E-state index contributed by atoms with van der Waals surface area (Å²) in [4.78, 5) is 2.53. The molecule has 0 spiro atoms. The van der Waals surface area contributed by atoms with Crippen LogP contribution in [0.15, 0.2) is 249 Å². The zero-order valence-corrected chi connectivity index (χ0v) is 35.8. The quantitative estimate of drug-likeness (QED) is 0.138. The Hall–Kier alpha value is -8.04. The van der Waals surface area contributed by atoms with Crippen LogP contribution < -0.4 is 4.90 Å². The number of nitrogens with zero attached hydrogens (tertiary/aromatic N) is 1. The minimum Gasteiger partial charge on any atom is -0.308 e. The highest BCUT2D eigenvalue weighted by Crippen LogP contribution is 2.51. The molecule has 64 heavy (non-hydrogen) atoms. The van der Waals surface area contributed by atoms with Crippen molar-refractivity contribution in [3.63, 3.8) is 0 Å². The summed E-state index contributed by atoms with van der Waals surface area (Å²) in [5.41, 5.74) is 15.3. The number of fused-ring (bicyclic) bond motifs is 6. The van der Waals surface area contributed by atoms with Crippen molar-refractivity contribution < 1.29 is 0 Å². The number of thiophene rings is 1. The number of hydrogen-bond donors (Lipinski definition) is 0. The number of para-hydroxylation sites is 1. The molecule has 0 amide bonds. The summed E-state index contributed by atoms with van der Waals surface area (Å²) in [5.74, 6) is 0. The van der Waals surface area contributed by atoms with Gasteiger partial charge < -0.3 is 4.90 Å². The highest BCUT2D eigenvalue weighted by molar-refractivity contribution is 7.26. The highest BCUT2D eigenvalue weighted by Gasteiger charge is 2.25. The molecule has 11 aromatic carbocycles. The zero-order valence-electron chi connectivity index (χ0n) is 35.0. The van der Waals surface area contributed by atoms with E-state index in [1.165, 1.54) is 91.8 Å². The molecule has 0 atom stereocenters. The molecule has 1 heterocycles. The van der Waals surface area contributed by atoms with Crippen LogP contribution in [0, 0.1) is 0 Å². The van der Waals surface area contributed by atoms with Crippen LogP contribution in [-0.4, -0.2) is 0 Å². The van der Waals surface area contributed by atoms with Crippen LogP contribution in [0.5, 0.6) is 0 Å². The highest BCUT2D eigenvalue weighted by atomic mass is 32.1. The standard InChI is InChI=1S/C62H41NS/c1-5-20-42(21-6-1)49-33-18-34-50(43-22-7-2-8-23-43)61(49)63(57-36-19-35-55-53-31-15-16-37-58(53)64-62(55)57)48-29-17-28-46(40-48)47-38-39-52-51-30-13-14-32-54(51)59(44-24-9-3-10-25-44)60(56(52)41-47)45-26-11-4-12-27-45/h1-41H. The Labute approximate surface area is 377 Å². The lowest BCUT2D eigenvalue weighted by molar-refractivity contribution is 1.30. The maximum absolute atomic E-state index is 2.53. The van der Waals surface area contributed by atoms with Crippen LogP contribution in [0.1, 0.15) is 0 Å². The smallest absolute Gasteiger partial charge is 0.0640 e. The second kappa shape index (κ2) is 16.0. The van der Waals surface area contributed by atoms with Crippen LogP contribution in [0.25, 0.3) is 97.4 Å². The molecule has 2 heteroatoms. The van der Waals surface area contributed by atoms with Crippen LogP contribution in [-0.2, 0) is 0 Å². The molecule has 0 aliphatic carbocycles. The molecule has 0 radical (unpaired) electrons. The van der Waals surface area contributed by atoms with Gasteiger partial charge in [0.25, 0.3) is 0 Å². The lowest BCUT2D eigenvalue weighted by Crippen LogP contribution is -2.13. The molecule has 0 fully saturated rings. The van der Waals surface area contributed by atoms with E-state index >= 15 is 0 Å². The summed E-state index contributed by atoms with van der Waals surface area (Å²) >= 11 is 1.87. The Morgan fingerprint density at radius 1 is 0.281 bits per heavy atom. The second-order valence-corrected chi connectivity index (χ2v) is 17.4. The van der Waals surface area contributed by atoms with Crippen molar-refractivity contribution in [1.82, 2.24) is 0 Å². The van der Waals surface area contributed by atoms with Crippen molar-refractivity contribution >= 4 is 70.1 Å². The molecule has 0 N–H and O–H groups in total. The average Bonchev–Trinajstić information content (AvgIpc) is 3.76. The lowest BCUT2D eigenvalue weighted by Gasteiger charge is -2.31. The first-order valence-corrected chi connectivity index (χ1v) is 22.7. The van der Waals surface area contributed by atoms with Gasteiger partial charge in [0, 0.05) is 32.3 Å². The van der Waals surface area contributed by atoms with Crippen molar-refractivity contribution in [3.05, 3.63) is 249 Å². The third kappa shape index (κ3) is 6.47. The maximum Gasteiger partial charge on any atom is 0.0640 e. The van der Waals surface area contributed by atoms with E-state index < -0.39 is 0 Å². The Morgan fingerprint density at radius 3 is 1.41 bits per heavy atom. The number of benzene rings is 11. The molecular formula is C62H41NS. The summed E-state index contributed by atoms with van der Waals surface area (Å²) in [6.07, 6.45) is 0. The van der Waals surface area contributed by atoms with Gasteiger partial charge in [-0.15, -0.1) is 11.3 Å². The predicted molar refractivity (Wildman–Crippen MR) is 276 cm³/mol. The Balaban J connectivity index is 1.14. The molecule has 0 saturated carbocycles. The SMILES string of the molecule is c1ccc(-c2cccc(-c3ccccc3)c2N(c2cccc(-c3ccc4c(c3)c(-c3ccccc3)c(-c3ccccc3)c3ccccc34)c2)c2cccc3c2sc2ccccc23)cc1. The van der Waals surface area contributed by atoms with E-state index in [-0.39, 0.29) is 0 Å². The molecule has 0 aliphatic heterocycles. The Morgan fingerprint density at radius 2 is 0.750 bits per heavy atom. The first kappa shape index (κ1) is 37.7. The first-order chi connectivity index (χ1) is 31.8. The third-order valence-corrected chi connectivity index (χ3v) is 13.9. The van der Waals surface area contributed by atoms with Crippen LogP contribution >= 0.6 is 11.3 Å². The van der Waals surface area contributed by atoms with E-state index in [2.05, 4.69) is 254 Å². The van der Waals surface area contributed by atoms with E-state index in [4.69, 9.17) is 0 Å². The van der Waals surface area contributed by atoms with Gasteiger partial charge in [0.05, 0.1) is 16.1 Å². The van der Waals surface area contributed by atoms with Crippen molar-refractivity contribution in [2.45, 2.75) is 0 Å². The first-order valence-electron chi connectivity index (χ1n) is 21.9. The van der Waals surface area contributed by atoms with Gasteiger partial charge in [-0.3, -0.25) is 0 Å². The van der Waals surface area contributed by atoms with Crippen molar-refractivity contribution in [2.24, 2.45) is 0 Å². The van der Waals surface area contributed by atoms with E-state index in [1.54, 1.807) is 0 Å². The molecule has 12 rings (SSSR count). The van der Waals surface area contributed by atoms with Crippen molar-refractivity contribution in [3.8, 4) is 55.6 Å². The van der Waals surface area contributed by atoms with Gasteiger partial charge in [-0.05, 0) is 96.4 Å². The summed E-state index contributed by atoms with van der Waals surface area (Å²) in [6.45, 7) is 0. The van der Waals surface area contributed by atoms with Crippen molar-refractivity contribution in [2.75, 3.05) is 4.90 Å². The fraction of sp³-hybridized carbons (Fsp3) is 0.